The van der Waals surface area contributed by atoms with Crippen LogP contribution in [0.15, 0.2) is 12.7 Å². The van der Waals surface area contributed by atoms with Gasteiger partial charge in [-0.2, -0.15) is 0 Å². The zero-order valence-corrected chi connectivity index (χ0v) is 28.0. The molecule has 44 heavy (non-hydrogen) atoms. The van der Waals surface area contributed by atoms with Crippen LogP contribution in [0.1, 0.15) is 143 Å². The molecule has 0 aromatic heterocycles. The summed E-state index contributed by atoms with van der Waals surface area (Å²) in [5.74, 6) is -0.511. The van der Waals surface area contributed by atoms with Gasteiger partial charge in [0.1, 0.15) is 24.6 Å². The molecule has 1 amide bonds. The van der Waals surface area contributed by atoms with E-state index in [0.717, 1.165) is 38.5 Å². The molecule has 1 saturated heterocycles. The highest BCUT2D eigenvalue weighted by Crippen LogP contribution is 2.27. The van der Waals surface area contributed by atoms with Crippen LogP contribution in [0.25, 0.3) is 0 Å². The van der Waals surface area contributed by atoms with Crippen LogP contribution in [-0.4, -0.2) is 73.2 Å². The quantitative estimate of drug-likeness (QED) is 0.0420. The maximum absolute atomic E-state index is 13.0. The third-order valence-corrected chi connectivity index (χ3v) is 8.22. The van der Waals surface area contributed by atoms with Gasteiger partial charge in [-0.1, -0.05) is 123 Å². The number of carbonyl (C=O) groups is 3. The maximum Gasteiger partial charge on any atom is 0.509 e. The fourth-order valence-corrected chi connectivity index (χ4v) is 5.67. The van der Waals surface area contributed by atoms with Gasteiger partial charge in [0.05, 0.1) is 25.2 Å². The molecule has 9 heteroatoms. The van der Waals surface area contributed by atoms with E-state index in [1.807, 2.05) is 0 Å². The molecule has 1 fully saturated rings. The summed E-state index contributed by atoms with van der Waals surface area (Å²) in [6, 6.07) is -0.683. The second-order valence-corrected chi connectivity index (χ2v) is 12.2. The van der Waals surface area contributed by atoms with E-state index >= 15 is 0 Å². The van der Waals surface area contributed by atoms with Crippen LogP contribution in [-0.2, 0) is 28.5 Å². The number of aliphatic hydroxyl groups is 1. The number of hydrogen-bond donors (Lipinski definition) is 2. The number of carbonyl (C=O) groups excluding carboxylic acids is 3. The summed E-state index contributed by atoms with van der Waals surface area (Å²) in [4.78, 5) is 37.9. The third-order valence-electron chi connectivity index (χ3n) is 8.22. The number of hydrogen-bond acceptors (Lipinski definition) is 8. The molecule has 9 nitrogen and oxygen atoms in total. The molecular formula is C35H63NO8. The summed E-state index contributed by atoms with van der Waals surface area (Å²) in [6.07, 6.45) is 17.0. The molecule has 0 aliphatic carbocycles. The summed E-state index contributed by atoms with van der Waals surface area (Å²) < 4.78 is 22.8. The van der Waals surface area contributed by atoms with Crippen molar-refractivity contribution in [1.29, 1.82) is 0 Å². The highest BCUT2D eigenvalue weighted by Gasteiger charge is 2.48. The Morgan fingerprint density at radius 1 is 0.818 bits per heavy atom. The molecule has 0 bridgehead atoms. The van der Waals surface area contributed by atoms with Crippen molar-refractivity contribution in [2.45, 2.75) is 173 Å². The van der Waals surface area contributed by atoms with Gasteiger partial charge in [0.2, 0.25) is 5.91 Å². The van der Waals surface area contributed by atoms with Crippen molar-refractivity contribution in [1.82, 2.24) is 5.32 Å². The van der Waals surface area contributed by atoms with Gasteiger partial charge < -0.3 is 29.4 Å². The fourth-order valence-electron chi connectivity index (χ4n) is 5.67. The van der Waals surface area contributed by atoms with E-state index in [4.69, 9.17) is 18.9 Å². The van der Waals surface area contributed by atoms with E-state index in [1.54, 1.807) is 6.92 Å². The van der Waals surface area contributed by atoms with E-state index in [-0.39, 0.29) is 18.8 Å². The average molecular weight is 626 g/mol. The van der Waals surface area contributed by atoms with E-state index < -0.39 is 49.1 Å². The Morgan fingerprint density at radius 3 is 1.91 bits per heavy atom. The van der Waals surface area contributed by atoms with E-state index in [1.165, 1.54) is 76.7 Å². The van der Waals surface area contributed by atoms with Crippen molar-refractivity contribution in [3.05, 3.63) is 12.7 Å². The number of ketones is 1. The number of rotatable bonds is 27. The molecule has 0 aromatic rings. The first-order valence-electron chi connectivity index (χ1n) is 17.5. The standard InChI is InChI=1S/C35H63NO8/c1-5-8-10-12-14-16-17-19-21-23-29(38)26-31(39)36-32-28(4)43-30(27-37)33(44-35(40)42-24-7-3)34(32)41-25-22-20-18-15-13-11-9-6-2/h7,28,30,32-34,37H,3,5-6,8-27H2,1-2,4H3,(H,36,39). The minimum absolute atomic E-state index is 0.0301. The number of amides is 1. The predicted molar refractivity (Wildman–Crippen MR) is 174 cm³/mol. The largest absolute Gasteiger partial charge is 0.509 e. The predicted octanol–water partition coefficient (Wildman–Crippen LogP) is 7.36. The van der Waals surface area contributed by atoms with Gasteiger partial charge in [0.15, 0.2) is 6.10 Å². The smallest absolute Gasteiger partial charge is 0.430 e. The van der Waals surface area contributed by atoms with Crippen LogP contribution in [0.3, 0.4) is 0 Å². The van der Waals surface area contributed by atoms with E-state index in [0.29, 0.717) is 13.0 Å². The Hall–Kier alpha value is -1.97. The molecule has 5 unspecified atom stereocenters. The van der Waals surface area contributed by atoms with Gasteiger partial charge in [-0.05, 0) is 19.8 Å². The maximum atomic E-state index is 13.0. The van der Waals surface area contributed by atoms with Gasteiger partial charge in [-0.3, -0.25) is 9.59 Å². The number of nitrogens with one attached hydrogen (secondary N) is 1. The molecule has 0 spiro atoms. The van der Waals surface area contributed by atoms with Crippen molar-refractivity contribution in [2.75, 3.05) is 19.8 Å². The van der Waals surface area contributed by atoms with Gasteiger partial charge >= 0.3 is 6.16 Å². The highest BCUT2D eigenvalue weighted by atomic mass is 16.7. The van der Waals surface area contributed by atoms with Crippen LogP contribution in [0, 0.1) is 0 Å². The topological polar surface area (TPSA) is 120 Å². The number of Topliss-reactive ketones (excluding diaryl/α,β-unsaturated/α-hetero) is 1. The lowest BCUT2D eigenvalue weighted by atomic mass is 9.92. The molecule has 1 aliphatic rings. The third kappa shape index (κ3) is 18.1. The van der Waals surface area contributed by atoms with Gasteiger partial charge in [-0.25, -0.2) is 4.79 Å². The SMILES string of the molecule is C=CCOC(=O)OC1C(CO)OC(C)C(NC(=O)CC(=O)CCCCCCCCCCC)C1OCCCCCCCCCC. The number of ether oxygens (including phenoxy) is 4. The molecule has 1 rings (SSSR count). The molecule has 0 radical (unpaired) electrons. The van der Waals surface area contributed by atoms with Crippen LogP contribution in [0.5, 0.6) is 0 Å². The molecule has 1 heterocycles. The normalized spacial score (nSPS) is 21.5. The van der Waals surface area contributed by atoms with Crippen molar-refractivity contribution in [3.8, 4) is 0 Å². The highest BCUT2D eigenvalue weighted by molar-refractivity contribution is 5.98. The van der Waals surface area contributed by atoms with Crippen LogP contribution in [0.2, 0.25) is 0 Å². The zero-order chi connectivity index (χ0) is 32.4. The van der Waals surface area contributed by atoms with Crippen LogP contribution < -0.4 is 5.32 Å². The first-order chi connectivity index (χ1) is 21.4. The molecule has 1 aliphatic heterocycles. The van der Waals surface area contributed by atoms with Crippen LogP contribution >= 0.6 is 0 Å². The Balaban J connectivity index is 2.69. The van der Waals surface area contributed by atoms with Crippen molar-refractivity contribution in [2.24, 2.45) is 0 Å². The molecule has 2 N–H and O–H groups in total. The summed E-state index contributed by atoms with van der Waals surface area (Å²) in [7, 11) is 0. The summed E-state index contributed by atoms with van der Waals surface area (Å²) in [5.41, 5.74) is 0. The summed E-state index contributed by atoms with van der Waals surface area (Å²) in [6.45, 7) is 9.70. The van der Waals surface area contributed by atoms with E-state index in [9.17, 15) is 19.5 Å². The van der Waals surface area contributed by atoms with Gasteiger partial charge in [0.25, 0.3) is 0 Å². The lowest BCUT2D eigenvalue weighted by Gasteiger charge is -2.44. The fraction of sp³-hybridized carbons (Fsp3) is 0.857. The molecular weight excluding hydrogens is 562 g/mol. The Labute approximate surface area is 267 Å². The van der Waals surface area contributed by atoms with Crippen molar-refractivity contribution >= 4 is 17.8 Å². The molecule has 5 atom stereocenters. The Morgan fingerprint density at radius 2 is 1.36 bits per heavy atom. The zero-order valence-electron chi connectivity index (χ0n) is 28.0. The number of unbranched alkanes of at least 4 members (excludes halogenated alkanes) is 15. The summed E-state index contributed by atoms with van der Waals surface area (Å²) >= 11 is 0. The number of aliphatic hydroxyl groups excluding tert-OH is 1. The first kappa shape index (κ1) is 40.1. The lowest BCUT2D eigenvalue weighted by molar-refractivity contribution is -0.208. The van der Waals surface area contributed by atoms with Crippen molar-refractivity contribution in [3.63, 3.8) is 0 Å². The van der Waals surface area contributed by atoms with Gasteiger partial charge in [-0.15, -0.1) is 0 Å². The summed E-state index contributed by atoms with van der Waals surface area (Å²) in [5, 5.41) is 12.9. The van der Waals surface area contributed by atoms with Crippen molar-refractivity contribution < 1.29 is 38.4 Å². The Bertz CT molecular complexity index is 776. The molecule has 0 saturated carbocycles. The monoisotopic (exact) mass is 625 g/mol. The minimum atomic E-state index is -1.01. The van der Waals surface area contributed by atoms with Crippen LogP contribution in [0.4, 0.5) is 4.79 Å². The molecule has 0 aromatic carbocycles. The average Bonchev–Trinajstić information content (AvgIpc) is 3.00. The Kier molecular flexibility index (Phi) is 23.9. The lowest BCUT2D eigenvalue weighted by Crippen LogP contribution is -2.65. The minimum Gasteiger partial charge on any atom is -0.430 e. The molecule has 256 valence electrons. The second kappa shape index (κ2) is 26.3. The second-order valence-electron chi connectivity index (χ2n) is 12.2. The van der Waals surface area contributed by atoms with E-state index in [2.05, 4.69) is 25.7 Å². The van der Waals surface area contributed by atoms with Gasteiger partial charge in [0, 0.05) is 13.0 Å². The first-order valence-corrected chi connectivity index (χ1v) is 17.5.